The van der Waals surface area contributed by atoms with Gasteiger partial charge in [0.1, 0.15) is 0 Å². The minimum Gasteiger partial charge on any atom is -0.478 e. The molecule has 140 valence electrons. The van der Waals surface area contributed by atoms with Crippen LogP contribution < -0.4 is 5.32 Å². The standard InChI is InChI=1S/C20H15ClF3NO2/c21-16-9-10(19(26)27)8-14-11-5-3-6-12(11)17(25-18(14)16)13-4-1-2-7-15(13)20(22,23)24/h1-5,7-9,11-12,17,25H,6H2,(H,26,27)/t11-,12+,17-/m1/s1. The van der Waals surface area contributed by atoms with Crippen molar-refractivity contribution in [3.8, 4) is 0 Å². The largest absolute Gasteiger partial charge is 0.478 e. The van der Waals surface area contributed by atoms with E-state index in [0.717, 1.165) is 6.07 Å². The summed E-state index contributed by atoms with van der Waals surface area (Å²) >= 11 is 6.29. The summed E-state index contributed by atoms with van der Waals surface area (Å²) in [6, 6.07) is 7.83. The number of anilines is 1. The molecule has 0 amide bonds. The number of halogens is 4. The molecule has 3 atom stereocenters. The van der Waals surface area contributed by atoms with Crippen LogP contribution in [0.15, 0.2) is 48.6 Å². The molecule has 27 heavy (non-hydrogen) atoms. The lowest BCUT2D eigenvalue weighted by Crippen LogP contribution is -2.31. The van der Waals surface area contributed by atoms with E-state index in [4.69, 9.17) is 11.6 Å². The maximum atomic E-state index is 13.5. The average Bonchev–Trinajstić information content (AvgIpc) is 3.10. The van der Waals surface area contributed by atoms with E-state index in [9.17, 15) is 23.1 Å². The number of hydrogen-bond acceptors (Lipinski definition) is 2. The second kappa shape index (κ2) is 6.30. The molecule has 3 nitrogen and oxygen atoms in total. The topological polar surface area (TPSA) is 49.3 Å². The number of aromatic carboxylic acids is 1. The maximum absolute atomic E-state index is 13.5. The Morgan fingerprint density at radius 3 is 2.63 bits per heavy atom. The lowest BCUT2D eigenvalue weighted by Gasteiger charge is -2.39. The van der Waals surface area contributed by atoms with Crippen LogP contribution in [0.25, 0.3) is 0 Å². The third kappa shape index (κ3) is 2.98. The Balaban J connectivity index is 1.86. The van der Waals surface area contributed by atoms with E-state index < -0.39 is 23.8 Å². The molecule has 2 aromatic rings. The van der Waals surface area contributed by atoms with E-state index >= 15 is 0 Å². The van der Waals surface area contributed by atoms with Gasteiger partial charge in [-0.1, -0.05) is 42.0 Å². The van der Waals surface area contributed by atoms with Gasteiger partial charge in [-0.15, -0.1) is 0 Å². The van der Waals surface area contributed by atoms with Crippen LogP contribution >= 0.6 is 11.6 Å². The first-order chi connectivity index (χ1) is 12.8. The van der Waals surface area contributed by atoms with Crippen LogP contribution in [0.2, 0.25) is 5.02 Å². The van der Waals surface area contributed by atoms with Crippen LogP contribution in [-0.2, 0) is 6.18 Å². The van der Waals surface area contributed by atoms with E-state index in [1.807, 2.05) is 12.2 Å². The summed E-state index contributed by atoms with van der Waals surface area (Å²) in [6.45, 7) is 0. The highest BCUT2D eigenvalue weighted by atomic mass is 35.5. The number of carbonyl (C=O) groups is 1. The molecular formula is C20H15ClF3NO2. The fraction of sp³-hybridized carbons (Fsp3) is 0.250. The van der Waals surface area contributed by atoms with Crippen molar-refractivity contribution >= 4 is 23.3 Å². The van der Waals surface area contributed by atoms with Crippen molar-refractivity contribution in [3.05, 3.63) is 75.8 Å². The first-order valence-electron chi connectivity index (χ1n) is 8.43. The molecule has 1 aliphatic carbocycles. The number of carboxylic acids is 1. The van der Waals surface area contributed by atoms with E-state index in [1.165, 1.54) is 18.2 Å². The van der Waals surface area contributed by atoms with Crippen molar-refractivity contribution in [2.75, 3.05) is 5.32 Å². The molecule has 2 aliphatic rings. The van der Waals surface area contributed by atoms with Crippen LogP contribution in [0.1, 0.15) is 45.4 Å². The summed E-state index contributed by atoms with van der Waals surface area (Å²) in [4.78, 5) is 11.3. The third-order valence-electron chi connectivity index (χ3n) is 5.27. The highest BCUT2D eigenvalue weighted by Crippen LogP contribution is 2.53. The van der Waals surface area contributed by atoms with E-state index in [-0.39, 0.29) is 28.0 Å². The minimum atomic E-state index is -4.46. The van der Waals surface area contributed by atoms with Crippen molar-refractivity contribution in [1.82, 2.24) is 0 Å². The number of alkyl halides is 3. The van der Waals surface area contributed by atoms with Gasteiger partial charge in [-0.3, -0.25) is 0 Å². The van der Waals surface area contributed by atoms with E-state index in [2.05, 4.69) is 5.32 Å². The summed E-state index contributed by atoms with van der Waals surface area (Å²) in [5, 5.41) is 12.6. The van der Waals surface area contributed by atoms with Gasteiger partial charge in [0, 0.05) is 5.92 Å². The number of fused-ring (bicyclic) bond motifs is 3. The van der Waals surface area contributed by atoms with Gasteiger partial charge >= 0.3 is 12.1 Å². The molecule has 2 N–H and O–H groups in total. The van der Waals surface area contributed by atoms with Gasteiger partial charge in [-0.2, -0.15) is 13.2 Å². The number of hydrogen-bond donors (Lipinski definition) is 2. The summed E-state index contributed by atoms with van der Waals surface area (Å²) in [5.74, 6) is -1.44. The molecule has 0 saturated carbocycles. The Morgan fingerprint density at radius 2 is 1.93 bits per heavy atom. The van der Waals surface area contributed by atoms with E-state index in [0.29, 0.717) is 17.7 Å². The molecule has 2 aromatic carbocycles. The lowest BCUT2D eigenvalue weighted by atomic mass is 9.75. The van der Waals surface area contributed by atoms with Crippen LogP contribution in [0, 0.1) is 5.92 Å². The maximum Gasteiger partial charge on any atom is 0.416 e. The summed E-state index contributed by atoms with van der Waals surface area (Å²) in [6.07, 6.45) is -0.00785. The summed E-state index contributed by atoms with van der Waals surface area (Å²) in [5.41, 5.74) is 0.771. The minimum absolute atomic E-state index is 0.0636. The van der Waals surface area contributed by atoms with Gasteiger partial charge in [0.05, 0.1) is 27.9 Å². The van der Waals surface area contributed by atoms with Crippen molar-refractivity contribution in [2.45, 2.75) is 24.6 Å². The van der Waals surface area contributed by atoms with E-state index in [1.54, 1.807) is 12.1 Å². The zero-order valence-electron chi connectivity index (χ0n) is 13.9. The molecule has 1 aliphatic heterocycles. The van der Waals surface area contributed by atoms with Gasteiger partial charge in [0.2, 0.25) is 0 Å². The van der Waals surface area contributed by atoms with Gasteiger partial charge in [-0.25, -0.2) is 4.79 Å². The molecule has 1 heterocycles. The van der Waals surface area contributed by atoms with Gasteiger partial charge in [-0.05, 0) is 41.7 Å². The predicted molar refractivity (Wildman–Crippen MR) is 96.2 cm³/mol. The van der Waals surface area contributed by atoms with Crippen LogP contribution in [0.3, 0.4) is 0 Å². The van der Waals surface area contributed by atoms with Crippen molar-refractivity contribution < 1.29 is 23.1 Å². The predicted octanol–water partition coefficient (Wildman–Crippen LogP) is 5.88. The Bertz CT molecular complexity index is 955. The van der Waals surface area contributed by atoms with Crippen molar-refractivity contribution in [3.63, 3.8) is 0 Å². The summed E-state index contributed by atoms with van der Waals surface area (Å²) < 4.78 is 40.6. The van der Waals surface area contributed by atoms with Gasteiger partial charge < -0.3 is 10.4 Å². The molecule has 7 heteroatoms. The SMILES string of the molecule is O=C(O)c1cc(Cl)c2c(c1)[C@@H]1C=CC[C@@H]1[C@H](c1ccccc1C(F)(F)F)N2. The molecule has 0 radical (unpaired) electrons. The molecule has 4 rings (SSSR count). The lowest BCUT2D eigenvalue weighted by molar-refractivity contribution is -0.138. The van der Waals surface area contributed by atoms with Crippen molar-refractivity contribution in [2.24, 2.45) is 5.92 Å². The number of allylic oxidation sites excluding steroid dienone is 2. The normalized spacial score (nSPS) is 23.5. The fourth-order valence-electron chi connectivity index (χ4n) is 4.11. The van der Waals surface area contributed by atoms with Crippen LogP contribution in [0.5, 0.6) is 0 Å². The number of nitrogens with one attached hydrogen (secondary N) is 1. The third-order valence-corrected chi connectivity index (χ3v) is 5.57. The molecule has 0 fully saturated rings. The van der Waals surface area contributed by atoms with Crippen LogP contribution in [0.4, 0.5) is 18.9 Å². The second-order valence-electron chi connectivity index (χ2n) is 6.79. The Labute approximate surface area is 158 Å². The first-order valence-corrected chi connectivity index (χ1v) is 8.81. The smallest absolute Gasteiger partial charge is 0.416 e. The highest BCUT2D eigenvalue weighted by Gasteiger charge is 2.43. The van der Waals surface area contributed by atoms with Crippen molar-refractivity contribution in [1.29, 1.82) is 0 Å². The number of rotatable bonds is 2. The van der Waals surface area contributed by atoms with Gasteiger partial charge in [0.15, 0.2) is 0 Å². The Hall–Kier alpha value is -2.47. The second-order valence-corrected chi connectivity index (χ2v) is 7.20. The molecule has 0 aromatic heterocycles. The molecule has 0 bridgehead atoms. The quantitative estimate of drug-likeness (QED) is 0.626. The summed E-state index contributed by atoms with van der Waals surface area (Å²) in [7, 11) is 0. The Morgan fingerprint density at radius 1 is 1.19 bits per heavy atom. The molecule has 0 unspecified atom stereocenters. The Kier molecular flexibility index (Phi) is 4.18. The zero-order chi connectivity index (χ0) is 19.3. The number of carboxylic acid groups (broad SMARTS) is 1. The number of benzene rings is 2. The fourth-order valence-corrected chi connectivity index (χ4v) is 4.39. The zero-order valence-corrected chi connectivity index (χ0v) is 14.7. The average molecular weight is 394 g/mol. The molecular weight excluding hydrogens is 379 g/mol. The highest BCUT2D eigenvalue weighted by molar-refractivity contribution is 6.33. The van der Waals surface area contributed by atoms with Crippen LogP contribution in [-0.4, -0.2) is 11.1 Å². The molecule has 0 saturated heterocycles. The first kappa shape index (κ1) is 17.9. The molecule has 0 spiro atoms. The monoisotopic (exact) mass is 393 g/mol. The van der Waals surface area contributed by atoms with Gasteiger partial charge in [0.25, 0.3) is 0 Å².